The van der Waals surface area contributed by atoms with Crippen molar-refractivity contribution in [1.82, 2.24) is 4.90 Å². The summed E-state index contributed by atoms with van der Waals surface area (Å²) >= 11 is 1.81. The van der Waals surface area contributed by atoms with Crippen LogP contribution in [0.4, 0.5) is 10.1 Å². The van der Waals surface area contributed by atoms with E-state index in [0.717, 1.165) is 12.2 Å². The Morgan fingerprint density at radius 2 is 1.91 bits per heavy atom. The number of benzene rings is 1. The van der Waals surface area contributed by atoms with E-state index in [9.17, 15) is 14.0 Å². The second kappa shape index (κ2) is 8.34. The monoisotopic (exact) mass is 340 g/mol. The van der Waals surface area contributed by atoms with Crippen LogP contribution < -0.4 is 5.32 Å². The maximum Gasteiger partial charge on any atom is 0.256 e. The van der Waals surface area contributed by atoms with E-state index >= 15 is 0 Å². The Hall–Kier alpha value is -1.56. The summed E-state index contributed by atoms with van der Waals surface area (Å²) in [6.45, 7) is 6.42. The molecule has 0 bridgehead atoms. The number of nitrogens with one attached hydrogen (secondary N) is 1. The molecule has 0 saturated carbocycles. The number of carbonyl (C=O) groups is 2. The second-order valence-electron chi connectivity index (χ2n) is 6.51. The summed E-state index contributed by atoms with van der Waals surface area (Å²) < 4.78 is 13.9. The van der Waals surface area contributed by atoms with Crippen LogP contribution in [0.25, 0.3) is 0 Å². The van der Waals surface area contributed by atoms with Crippen molar-refractivity contribution in [3.8, 4) is 0 Å². The normalized spacial score (nSPS) is 11.2. The molecule has 6 heteroatoms. The molecule has 0 heterocycles. The van der Waals surface area contributed by atoms with Gasteiger partial charge in [-0.2, -0.15) is 11.8 Å². The molecular weight excluding hydrogens is 315 g/mol. The molecule has 2 amide bonds. The van der Waals surface area contributed by atoms with Crippen molar-refractivity contribution in [2.45, 2.75) is 38.4 Å². The molecule has 128 valence electrons. The van der Waals surface area contributed by atoms with E-state index in [2.05, 4.69) is 26.1 Å². The van der Waals surface area contributed by atoms with Gasteiger partial charge in [-0.05, 0) is 30.4 Å². The fourth-order valence-electron chi connectivity index (χ4n) is 1.84. The molecule has 0 aliphatic rings. The lowest BCUT2D eigenvalue weighted by Crippen LogP contribution is -2.23. The summed E-state index contributed by atoms with van der Waals surface area (Å²) in [5.41, 5.74) is 0.390. The minimum absolute atomic E-state index is 0.0453. The predicted molar refractivity (Wildman–Crippen MR) is 94.5 cm³/mol. The molecule has 0 radical (unpaired) electrons. The summed E-state index contributed by atoms with van der Waals surface area (Å²) in [5, 5.41) is 2.72. The Bertz CT molecular complexity index is 568. The van der Waals surface area contributed by atoms with E-state index in [1.807, 2.05) is 11.8 Å². The Morgan fingerprint density at radius 3 is 2.48 bits per heavy atom. The van der Waals surface area contributed by atoms with Gasteiger partial charge in [0.1, 0.15) is 5.82 Å². The number of thioether (sulfide) groups is 1. The molecule has 1 aromatic rings. The molecule has 0 fully saturated rings. The lowest BCUT2D eigenvalue weighted by Gasteiger charge is -2.17. The highest BCUT2D eigenvalue weighted by molar-refractivity contribution is 8.00. The van der Waals surface area contributed by atoms with Crippen LogP contribution >= 0.6 is 11.8 Å². The predicted octanol–water partition coefficient (Wildman–Crippen LogP) is 3.78. The van der Waals surface area contributed by atoms with Crippen LogP contribution in [0.1, 0.15) is 44.0 Å². The number of hydrogen-bond acceptors (Lipinski definition) is 3. The van der Waals surface area contributed by atoms with Crippen LogP contribution in [0.2, 0.25) is 0 Å². The van der Waals surface area contributed by atoms with Crippen molar-refractivity contribution >= 4 is 29.3 Å². The minimum atomic E-state index is -0.594. The van der Waals surface area contributed by atoms with Gasteiger partial charge in [-0.25, -0.2) is 4.39 Å². The van der Waals surface area contributed by atoms with Crippen molar-refractivity contribution in [3.05, 3.63) is 29.6 Å². The third kappa shape index (κ3) is 7.03. The van der Waals surface area contributed by atoms with Crippen molar-refractivity contribution in [1.29, 1.82) is 0 Å². The number of nitrogens with zero attached hydrogens (tertiary/aromatic N) is 1. The molecule has 1 rings (SSSR count). The van der Waals surface area contributed by atoms with Gasteiger partial charge in [-0.1, -0.05) is 20.8 Å². The van der Waals surface area contributed by atoms with Crippen LogP contribution in [0.5, 0.6) is 0 Å². The fourth-order valence-corrected chi connectivity index (χ4v) is 2.74. The molecule has 0 spiro atoms. The molecule has 4 nitrogen and oxygen atoms in total. The third-order valence-corrected chi connectivity index (χ3v) is 4.33. The number of halogens is 1. The molecule has 0 saturated heterocycles. The van der Waals surface area contributed by atoms with E-state index in [0.29, 0.717) is 12.1 Å². The van der Waals surface area contributed by atoms with Gasteiger partial charge in [0.2, 0.25) is 5.91 Å². The average Bonchev–Trinajstić information content (AvgIpc) is 2.44. The molecule has 0 aliphatic heterocycles. The topological polar surface area (TPSA) is 49.4 Å². The van der Waals surface area contributed by atoms with Crippen LogP contribution in [-0.2, 0) is 4.79 Å². The largest absolute Gasteiger partial charge is 0.345 e. The number of hydrogen-bond donors (Lipinski definition) is 1. The Balaban J connectivity index is 2.59. The van der Waals surface area contributed by atoms with Crippen LogP contribution in [0, 0.1) is 5.82 Å². The second-order valence-corrected chi connectivity index (χ2v) is 8.43. The Kier molecular flexibility index (Phi) is 7.06. The average molecular weight is 340 g/mol. The first-order valence-electron chi connectivity index (χ1n) is 7.55. The van der Waals surface area contributed by atoms with Gasteiger partial charge in [0.05, 0.1) is 5.56 Å². The molecule has 1 aromatic carbocycles. The minimum Gasteiger partial charge on any atom is -0.345 e. The number of rotatable bonds is 6. The fraction of sp³-hybridized carbons (Fsp3) is 0.529. The van der Waals surface area contributed by atoms with E-state index in [1.165, 1.54) is 23.1 Å². The first-order valence-corrected chi connectivity index (χ1v) is 8.54. The molecule has 1 N–H and O–H groups in total. The van der Waals surface area contributed by atoms with Crippen LogP contribution in [-0.4, -0.2) is 41.3 Å². The first-order chi connectivity index (χ1) is 10.6. The summed E-state index contributed by atoms with van der Waals surface area (Å²) in [6, 6.07) is 4.03. The number of anilines is 1. The first kappa shape index (κ1) is 19.5. The highest BCUT2D eigenvalue weighted by Crippen LogP contribution is 2.24. The van der Waals surface area contributed by atoms with E-state index in [1.54, 1.807) is 14.1 Å². The van der Waals surface area contributed by atoms with E-state index in [4.69, 9.17) is 0 Å². The molecule has 0 atom stereocenters. The van der Waals surface area contributed by atoms with Crippen molar-refractivity contribution in [2.75, 3.05) is 25.2 Å². The van der Waals surface area contributed by atoms with Gasteiger partial charge in [0.25, 0.3) is 5.91 Å². The maximum atomic E-state index is 13.7. The number of amides is 2. The molecule has 0 aromatic heterocycles. The zero-order valence-corrected chi connectivity index (χ0v) is 15.2. The molecule has 0 aliphatic carbocycles. The highest BCUT2D eigenvalue weighted by Gasteiger charge is 2.15. The number of carbonyl (C=O) groups excluding carboxylic acids is 2. The SMILES string of the molecule is CN(C)C(=O)c1cc(NC(=O)CCCSC(C)(C)C)ccc1F. The van der Waals surface area contributed by atoms with Crippen LogP contribution in [0.3, 0.4) is 0 Å². The standard InChI is InChI=1S/C17H25FN2O2S/c1-17(2,3)23-10-6-7-15(21)19-12-8-9-14(18)13(11-12)16(22)20(4)5/h8-9,11H,6-7,10H2,1-5H3,(H,19,21). The Morgan fingerprint density at radius 1 is 1.26 bits per heavy atom. The zero-order valence-electron chi connectivity index (χ0n) is 14.4. The van der Waals surface area contributed by atoms with Gasteiger partial charge >= 0.3 is 0 Å². The van der Waals surface area contributed by atoms with Gasteiger partial charge in [0, 0.05) is 31.0 Å². The third-order valence-electron chi connectivity index (χ3n) is 2.97. The van der Waals surface area contributed by atoms with Gasteiger partial charge < -0.3 is 10.2 Å². The Labute approximate surface area is 141 Å². The van der Waals surface area contributed by atoms with Crippen LogP contribution in [0.15, 0.2) is 18.2 Å². The summed E-state index contributed by atoms with van der Waals surface area (Å²) in [6.07, 6.45) is 1.18. The van der Waals surface area contributed by atoms with E-state index in [-0.39, 0.29) is 16.2 Å². The smallest absolute Gasteiger partial charge is 0.256 e. The quantitative estimate of drug-likeness (QED) is 0.802. The van der Waals surface area contributed by atoms with Crippen molar-refractivity contribution < 1.29 is 14.0 Å². The highest BCUT2D eigenvalue weighted by atomic mass is 32.2. The maximum absolute atomic E-state index is 13.7. The van der Waals surface area contributed by atoms with Gasteiger partial charge in [-0.15, -0.1) is 0 Å². The van der Waals surface area contributed by atoms with Gasteiger partial charge in [-0.3, -0.25) is 9.59 Å². The van der Waals surface area contributed by atoms with Crippen molar-refractivity contribution in [3.63, 3.8) is 0 Å². The lowest BCUT2D eigenvalue weighted by atomic mass is 10.1. The van der Waals surface area contributed by atoms with E-state index < -0.39 is 11.7 Å². The summed E-state index contributed by atoms with van der Waals surface area (Å²) in [4.78, 5) is 25.1. The van der Waals surface area contributed by atoms with Gasteiger partial charge in [0.15, 0.2) is 0 Å². The summed E-state index contributed by atoms with van der Waals surface area (Å²) in [5.74, 6) is -0.247. The summed E-state index contributed by atoms with van der Waals surface area (Å²) in [7, 11) is 3.11. The zero-order chi connectivity index (χ0) is 17.6. The van der Waals surface area contributed by atoms with Crippen molar-refractivity contribution in [2.24, 2.45) is 0 Å². The molecule has 0 unspecified atom stereocenters. The lowest BCUT2D eigenvalue weighted by molar-refractivity contribution is -0.116. The molecular formula is C17H25FN2O2S. The molecule has 23 heavy (non-hydrogen) atoms.